The molecule has 108 valence electrons. The summed E-state index contributed by atoms with van der Waals surface area (Å²) in [6, 6.07) is 11.2. The molecule has 2 aromatic rings. The number of anilines is 1. The van der Waals surface area contributed by atoms with Crippen LogP contribution in [-0.2, 0) is 0 Å². The Morgan fingerprint density at radius 1 is 1.10 bits per heavy atom. The molecule has 1 aliphatic rings. The van der Waals surface area contributed by atoms with E-state index in [1.165, 1.54) is 18.2 Å². The van der Waals surface area contributed by atoms with E-state index in [4.69, 9.17) is 0 Å². The van der Waals surface area contributed by atoms with Crippen LogP contribution >= 0.6 is 0 Å². The number of carbonyl (C=O) groups excluding carboxylic acids is 1. The van der Waals surface area contributed by atoms with Crippen LogP contribution in [0.4, 0.5) is 5.69 Å². The Kier molecular flexibility index (Phi) is 3.27. The number of phenolic OH excluding ortho intramolecular Hbond substituents is 2. The smallest absolute Gasteiger partial charge is 0.258 e. The van der Waals surface area contributed by atoms with Gasteiger partial charge in [0, 0.05) is 23.4 Å². The fourth-order valence-electron chi connectivity index (χ4n) is 2.57. The molecule has 1 atom stereocenters. The van der Waals surface area contributed by atoms with Gasteiger partial charge in [0.25, 0.3) is 5.91 Å². The Labute approximate surface area is 121 Å². The third-order valence-electron chi connectivity index (χ3n) is 3.68. The molecular weight excluding hydrogens is 270 g/mol. The first-order valence-electron chi connectivity index (χ1n) is 6.69. The minimum absolute atomic E-state index is 0.263. The van der Waals surface area contributed by atoms with Gasteiger partial charge < -0.3 is 20.2 Å². The molecule has 1 aliphatic heterocycles. The molecule has 1 amide bonds. The van der Waals surface area contributed by atoms with Gasteiger partial charge in [-0.05, 0) is 30.7 Å². The van der Waals surface area contributed by atoms with Crippen LogP contribution < -0.4 is 4.90 Å². The van der Waals surface area contributed by atoms with Crippen molar-refractivity contribution in [3.63, 3.8) is 0 Å². The highest BCUT2D eigenvalue weighted by Crippen LogP contribution is 2.35. The van der Waals surface area contributed by atoms with Gasteiger partial charge >= 0.3 is 0 Å². The van der Waals surface area contributed by atoms with Gasteiger partial charge in [-0.1, -0.05) is 18.2 Å². The van der Waals surface area contributed by atoms with Crippen LogP contribution in [-0.4, -0.2) is 27.8 Å². The second-order valence-corrected chi connectivity index (χ2v) is 5.02. The molecular formula is C16H15NO4. The van der Waals surface area contributed by atoms with Crippen molar-refractivity contribution in [3.8, 4) is 11.5 Å². The molecule has 3 N–H and O–H groups in total. The number of amides is 1. The van der Waals surface area contributed by atoms with Gasteiger partial charge in [-0.15, -0.1) is 0 Å². The van der Waals surface area contributed by atoms with Crippen LogP contribution in [0.25, 0.3) is 0 Å². The van der Waals surface area contributed by atoms with Crippen LogP contribution in [0.15, 0.2) is 42.5 Å². The number of hydrogen-bond acceptors (Lipinski definition) is 4. The zero-order chi connectivity index (χ0) is 15.0. The second-order valence-electron chi connectivity index (χ2n) is 5.02. The van der Waals surface area contributed by atoms with Gasteiger partial charge in [0.2, 0.25) is 0 Å². The van der Waals surface area contributed by atoms with Crippen LogP contribution in [0, 0.1) is 0 Å². The number of carbonyl (C=O) groups is 1. The summed E-state index contributed by atoms with van der Waals surface area (Å²) in [5, 5.41) is 28.8. The van der Waals surface area contributed by atoms with Crippen molar-refractivity contribution in [2.45, 2.75) is 12.5 Å². The number of benzene rings is 2. The fourth-order valence-corrected chi connectivity index (χ4v) is 2.57. The normalized spacial score (nSPS) is 17.4. The quantitative estimate of drug-likeness (QED) is 0.701. The standard InChI is InChI=1S/C16H15NO4/c18-13-7-8-17(12-4-2-1-3-11(12)13)16(21)10-5-6-14(19)15(20)9-10/h1-6,9,13,18-20H,7-8H2. The molecule has 21 heavy (non-hydrogen) atoms. The van der Waals surface area contributed by atoms with Gasteiger partial charge in [-0.2, -0.15) is 0 Å². The number of rotatable bonds is 1. The lowest BCUT2D eigenvalue weighted by Crippen LogP contribution is -2.36. The van der Waals surface area contributed by atoms with Crippen molar-refractivity contribution in [2.75, 3.05) is 11.4 Å². The monoisotopic (exact) mass is 285 g/mol. The van der Waals surface area contributed by atoms with Gasteiger partial charge in [-0.25, -0.2) is 0 Å². The van der Waals surface area contributed by atoms with E-state index in [9.17, 15) is 20.1 Å². The van der Waals surface area contributed by atoms with Crippen molar-refractivity contribution >= 4 is 11.6 Å². The Balaban J connectivity index is 1.99. The molecule has 0 aliphatic carbocycles. The average molecular weight is 285 g/mol. The number of para-hydroxylation sites is 1. The number of nitrogens with zero attached hydrogens (tertiary/aromatic N) is 1. The molecule has 2 aromatic carbocycles. The number of aliphatic hydroxyl groups excluding tert-OH is 1. The molecule has 1 heterocycles. The largest absolute Gasteiger partial charge is 0.504 e. The Hall–Kier alpha value is -2.53. The number of aliphatic hydroxyl groups is 1. The van der Waals surface area contributed by atoms with Gasteiger partial charge in [0.05, 0.1) is 6.10 Å². The maximum Gasteiger partial charge on any atom is 0.258 e. The molecule has 0 radical (unpaired) electrons. The zero-order valence-electron chi connectivity index (χ0n) is 11.2. The molecule has 3 rings (SSSR count). The third-order valence-corrected chi connectivity index (χ3v) is 3.68. The first kappa shape index (κ1) is 13.5. The van der Waals surface area contributed by atoms with E-state index >= 15 is 0 Å². The third kappa shape index (κ3) is 2.32. The van der Waals surface area contributed by atoms with Gasteiger partial charge in [-0.3, -0.25) is 4.79 Å². The zero-order valence-corrected chi connectivity index (χ0v) is 11.2. The van der Waals surface area contributed by atoms with E-state index < -0.39 is 6.10 Å². The van der Waals surface area contributed by atoms with Crippen LogP contribution in [0.5, 0.6) is 11.5 Å². The lowest BCUT2D eigenvalue weighted by atomic mass is 9.98. The molecule has 1 unspecified atom stereocenters. The predicted octanol–water partition coefficient (Wildman–Crippen LogP) is 2.18. The second kappa shape index (κ2) is 5.10. The summed E-state index contributed by atoms with van der Waals surface area (Å²) in [7, 11) is 0. The summed E-state index contributed by atoms with van der Waals surface area (Å²) in [5.74, 6) is -0.864. The highest BCUT2D eigenvalue weighted by atomic mass is 16.3. The van der Waals surface area contributed by atoms with Gasteiger partial charge in [0.15, 0.2) is 11.5 Å². The molecule has 0 bridgehead atoms. The van der Waals surface area contributed by atoms with E-state index in [0.29, 0.717) is 18.7 Å². The summed E-state index contributed by atoms with van der Waals surface area (Å²) < 4.78 is 0. The lowest BCUT2D eigenvalue weighted by molar-refractivity contribution is 0.0970. The first-order chi connectivity index (χ1) is 10.1. The van der Waals surface area contributed by atoms with E-state index in [1.54, 1.807) is 17.0 Å². The van der Waals surface area contributed by atoms with E-state index in [0.717, 1.165) is 5.56 Å². The Bertz CT molecular complexity index is 698. The summed E-state index contributed by atoms with van der Waals surface area (Å²) >= 11 is 0. The van der Waals surface area contributed by atoms with Crippen molar-refractivity contribution in [1.29, 1.82) is 0 Å². The summed E-state index contributed by atoms with van der Waals surface area (Å²) in [6.45, 7) is 0.401. The number of aromatic hydroxyl groups is 2. The summed E-state index contributed by atoms with van der Waals surface area (Å²) in [5.41, 5.74) is 1.69. The lowest BCUT2D eigenvalue weighted by Gasteiger charge is -2.32. The molecule has 0 fully saturated rings. The van der Waals surface area contributed by atoms with Crippen LogP contribution in [0.2, 0.25) is 0 Å². The van der Waals surface area contributed by atoms with E-state index in [-0.39, 0.29) is 23.0 Å². The molecule has 0 saturated heterocycles. The Morgan fingerprint density at radius 3 is 2.62 bits per heavy atom. The van der Waals surface area contributed by atoms with Crippen molar-refractivity contribution < 1.29 is 20.1 Å². The van der Waals surface area contributed by atoms with Crippen LogP contribution in [0.3, 0.4) is 0 Å². The van der Waals surface area contributed by atoms with Crippen molar-refractivity contribution in [2.24, 2.45) is 0 Å². The van der Waals surface area contributed by atoms with Crippen molar-refractivity contribution in [1.82, 2.24) is 0 Å². The molecule has 0 spiro atoms. The van der Waals surface area contributed by atoms with Crippen molar-refractivity contribution in [3.05, 3.63) is 53.6 Å². The minimum Gasteiger partial charge on any atom is -0.504 e. The number of fused-ring (bicyclic) bond motifs is 1. The SMILES string of the molecule is O=C(c1ccc(O)c(O)c1)N1CCC(O)c2ccccc21. The van der Waals surface area contributed by atoms with Crippen LogP contribution in [0.1, 0.15) is 28.4 Å². The highest BCUT2D eigenvalue weighted by Gasteiger charge is 2.28. The predicted molar refractivity (Wildman–Crippen MR) is 77.5 cm³/mol. The summed E-state index contributed by atoms with van der Waals surface area (Å²) in [6.07, 6.45) is -0.106. The number of hydrogen-bond donors (Lipinski definition) is 3. The minimum atomic E-state index is -0.571. The molecule has 5 nitrogen and oxygen atoms in total. The number of phenols is 2. The maximum absolute atomic E-state index is 12.6. The average Bonchev–Trinajstić information content (AvgIpc) is 2.50. The topological polar surface area (TPSA) is 81.0 Å². The highest BCUT2D eigenvalue weighted by molar-refractivity contribution is 6.07. The molecule has 0 saturated carbocycles. The van der Waals surface area contributed by atoms with E-state index in [2.05, 4.69) is 0 Å². The Morgan fingerprint density at radius 2 is 1.86 bits per heavy atom. The van der Waals surface area contributed by atoms with E-state index in [1.807, 2.05) is 12.1 Å². The molecule has 0 aromatic heterocycles. The first-order valence-corrected chi connectivity index (χ1v) is 6.69. The van der Waals surface area contributed by atoms with Gasteiger partial charge in [0.1, 0.15) is 0 Å². The molecule has 5 heteroatoms. The fraction of sp³-hybridized carbons (Fsp3) is 0.188. The summed E-state index contributed by atoms with van der Waals surface area (Å²) in [4.78, 5) is 14.2. The maximum atomic E-state index is 12.6.